The first-order chi connectivity index (χ1) is 7.75. The predicted octanol–water partition coefficient (Wildman–Crippen LogP) is 2.11. The largest absolute Gasteiger partial charge is 0.326 e. The normalized spacial score (nSPS) is 20.4. The third-order valence-corrected chi connectivity index (χ3v) is 2.98. The molecule has 1 aromatic rings. The fourth-order valence-corrected chi connectivity index (χ4v) is 2.21. The van der Waals surface area contributed by atoms with Gasteiger partial charge in [-0.1, -0.05) is 12.1 Å². The zero-order valence-electron chi connectivity index (χ0n) is 9.62. The third-order valence-electron chi connectivity index (χ3n) is 2.98. The Balaban J connectivity index is 2.11. The molecule has 86 valence electrons. The maximum Gasteiger partial charge on any atom is 0.221 e. The lowest BCUT2D eigenvalue weighted by atomic mass is 9.91. The number of hydrogen-bond donors (Lipinski definition) is 2. The van der Waals surface area contributed by atoms with Gasteiger partial charge in [0.15, 0.2) is 0 Å². The molecule has 1 saturated heterocycles. The molecule has 1 heterocycles. The molecule has 1 atom stereocenters. The fraction of sp³-hybridized carbons (Fsp3) is 0.462. The van der Waals surface area contributed by atoms with Crippen molar-refractivity contribution in [3.63, 3.8) is 0 Å². The molecule has 1 aliphatic rings. The molecule has 1 aromatic carbocycles. The van der Waals surface area contributed by atoms with Crippen LogP contribution in [0.2, 0.25) is 0 Å². The molecule has 0 saturated carbocycles. The van der Waals surface area contributed by atoms with Crippen LogP contribution in [0.5, 0.6) is 0 Å². The van der Waals surface area contributed by atoms with Crippen LogP contribution in [-0.2, 0) is 4.79 Å². The van der Waals surface area contributed by atoms with Crippen molar-refractivity contribution in [3.8, 4) is 0 Å². The number of piperidine rings is 1. The Morgan fingerprint density at radius 2 is 2.38 bits per heavy atom. The van der Waals surface area contributed by atoms with Gasteiger partial charge < -0.3 is 10.6 Å². The van der Waals surface area contributed by atoms with E-state index in [9.17, 15) is 4.79 Å². The number of carbonyl (C=O) groups is 1. The lowest BCUT2D eigenvalue weighted by molar-refractivity contribution is -0.114. The summed E-state index contributed by atoms with van der Waals surface area (Å²) in [4.78, 5) is 11.0. The zero-order valence-corrected chi connectivity index (χ0v) is 9.62. The first-order valence-corrected chi connectivity index (χ1v) is 5.84. The fourth-order valence-electron chi connectivity index (χ4n) is 2.21. The molecule has 2 rings (SSSR count). The molecule has 0 bridgehead atoms. The van der Waals surface area contributed by atoms with Gasteiger partial charge in [0.2, 0.25) is 5.91 Å². The van der Waals surface area contributed by atoms with Crippen LogP contribution in [0.3, 0.4) is 0 Å². The van der Waals surface area contributed by atoms with Gasteiger partial charge in [-0.15, -0.1) is 0 Å². The first kappa shape index (κ1) is 11.1. The summed E-state index contributed by atoms with van der Waals surface area (Å²) in [6, 6.07) is 8.17. The molecule has 0 radical (unpaired) electrons. The first-order valence-electron chi connectivity index (χ1n) is 5.84. The molecule has 1 amide bonds. The second-order valence-electron chi connectivity index (χ2n) is 4.35. The van der Waals surface area contributed by atoms with E-state index in [0.717, 1.165) is 18.8 Å². The van der Waals surface area contributed by atoms with Crippen LogP contribution < -0.4 is 10.6 Å². The molecule has 0 spiro atoms. The van der Waals surface area contributed by atoms with Crippen molar-refractivity contribution in [3.05, 3.63) is 29.8 Å². The molecule has 0 aromatic heterocycles. The summed E-state index contributed by atoms with van der Waals surface area (Å²) in [6.45, 7) is 3.71. The van der Waals surface area contributed by atoms with Crippen molar-refractivity contribution in [1.82, 2.24) is 5.32 Å². The maximum absolute atomic E-state index is 11.0. The summed E-state index contributed by atoms with van der Waals surface area (Å²) in [5, 5.41) is 6.23. The van der Waals surface area contributed by atoms with Crippen molar-refractivity contribution in [1.29, 1.82) is 0 Å². The van der Waals surface area contributed by atoms with Gasteiger partial charge in [0, 0.05) is 19.2 Å². The van der Waals surface area contributed by atoms with Crippen LogP contribution in [0.4, 0.5) is 5.69 Å². The number of amides is 1. The van der Waals surface area contributed by atoms with E-state index in [0.29, 0.717) is 5.92 Å². The molecular weight excluding hydrogens is 200 g/mol. The average Bonchev–Trinajstić information content (AvgIpc) is 2.30. The van der Waals surface area contributed by atoms with Crippen molar-refractivity contribution in [2.24, 2.45) is 0 Å². The van der Waals surface area contributed by atoms with Crippen LogP contribution in [-0.4, -0.2) is 19.0 Å². The van der Waals surface area contributed by atoms with E-state index in [4.69, 9.17) is 0 Å². The number of anilines is 1. The Bertz CT molecular complexity index is 370. The number of nitrogens with one attached hydrogen (secondary N) is 2. The molecule has 1 aliphatic heterocycles. The Hall–Kier alpha value is -1.35. The second kappa shape index (κ2) is 5.12. The van der Waals surface area contributed by atoms with Gasteiger partial charge in [0.05, 0.1) is 0 Å². The molecule has 16 heavy (non-hydrogen) atoms. The monoisotopic (exact) mass is 218 g/mol. The van der Waals surface area contributed by atoms with Crippen molar-refractivity contribution >= 4 is 11.6 Å². The standard InChI is InChI=1S/C13H18N2O/c1-10(16)15-13-6-2-4-11(8-13)12-5-3-7-14-9-12/h2,4,6,8,12,14H,3,5,7,9H2,1H3,(H,15,16). The Morgan fingerprint density at radius 1 is 1.50 bits per heavy atom. The van der Waals surface area contributed by atoms with Gasteiger partial charge in [-0.25, -0.2) is 0 Å². The van der Waals surface area contributed by atoms with Crippen LogP contribution in [0.25, 0.3) is 0 Å². The van der Waals surface area contributed by atoms with Gasteiger partial charge >= 0.3 is 0 Å². The molecular formula is C13H18N2O. The SMILES string of the molecule is CC(=O)Nc1cccc(C2CCCNC2)c1. The predicted molar refractivity (Wildman–Crippen MR) is 65.6 cm³/mol. The molecule has 3 nitrogen and oxygen atoms in total. The number of rotatable bonds is 2. The Labute approximate surface area is 96.2 Å². The van der Waals surface area contributed by atoms with Crippen LogP contribution >= 0.6 is 0 Å². The topological polar surface area (TPSA) is 41.1 Å². The summed E-state index contributed by atoms with van der Waals surface area (Å²) in [5.41, 5.74) is 2.22. The zero-order chi connectivity index (χ0) is 11.4. The summed E-state index contributed by atoms with van der Waals surface area (Å²) < 4.78 is 0. The minimum Gasteiger partial charge on any atom is -0.326 e. The highest BCUT2D eigenvalue weighted by atomic mass is 16.1. The van der Waals surface area contributed by atoms with Gasteiger partial charge in [0.1, 0.15) is 0 Å². The van der Waals surface area contributed by atoms with Crippen LogP contribution in [0.1, 0.15) is 31.2 Å². The summed E-state index contributed by atoms with van der Waals surface area (Å²) in [7, 11) is 0. The summed E-state index contributed by atoms with van der Waals surface area (Å²) in [6.07, 6.45) is 2.46. The number of hydrogen-bond acceptors (Lipinski definition) is 2. The highest BCUT2D eigenvalue weighted by Gasteiger charge is 2.15. The molecule has 3 heteroatoms. The maximum atomic E-state index is 11.0. The summed E-state index contributed by atoms with van der Waals surface area (Å²) >= 11 is 0. The van der Waals surface area contributed by atoms with E-state index in [1.807, 2.05) is 12.1 Å². The second-order valence-corrected chi connectivity index (χ2v) is 4.35. The molecule has 2 N–H and O–H groups in total. The quantitative estimate of drug-likeness (QED) is 0.798. The van der Waals surface area contributed by atoms with E-state index in [1.54, 1.807) is 0 Å². The lowest BCUT2D eigenvalue weighted by Crippen LogP contribution is -2.28. The van der Waals surface area contributed by atoms with Gasteiger partial charge in [0.25, 0.3) is 0 Å². The molecule has 1 fully saturated rings. The van der Waals surface area contributed by atoms with Crippen molar-refractivity contribution in [2.45, 2.75) is 25.7 Å². The van der Waals surface area contributed by atoms with E-state index in [1.165, 1.54) is 25.3 Å². The third kappa shape index (κ3) is 2.83. The van der Waals surface area contributed by atoms with E-state index in [2.05, 4.69) is 22.8 Å². The smallest absolute Gasteiger partial charge is 0.221 e. The highest BCUT2D eigenvalue weighted by molar-refractivity contribution is 5.88. The van der Waals surface area contributed by atoms with Crippen LogP contribution in [0.15, 0.2) is 24.3 Å². The Morgan fingerprint density at radius 3 is 3.06 bits per heavy atom. The van der Waals surface area contributed by atoms with Gasteiger partial charge in [-0.2, -0.15) is 0 Å². The van der Waals surface area contributed by atoms with E-state index in [-0.39, 0.29) is 5.91 Å². The van der Waals surface area contributed by atoms with Crippen molar-refractivity contribution < 1.29 is 4.79 Å². The lowest BCUT2D eigenvalue weighted by Gasteiger charge is -2.23. The van der Waals surface area contributed by atoms with Gasteiger partial charge in [-0.05, 0) is 43.0 Å². The minimum atomic E-state index is -0.0149. The van der Waals surface area contributed by atoms with E-state index < -0.39 is 0 Å². The van der Waals surface area contributed by atoms with Crippen molar-refractivity contribution in [2.75, 3.05) is 18.4 Å². The Kier molecular flexibility index (Phi) is 3.57. The molecule has 0 aliphatic carbocycles. The number of carbonyl (C=O) groups excluding carboxylic acids is 1. The molecule has 1 unspecified atom stereocenters. The number of benzene rings is 1. The van der Waals surface area contributed by atoms with E-state index >= 15 is 0 Å². The van der Waals surface area contributed by atoms with Gasteiger partial charge in [-0.3, -0.25) is 4.79 Å². The van der Waals surface area contributed by atoms with Crippen LogP contribution in [0, 0.1) is 0 Å². The summed E-state index contributed by atoms with van der Waals surface area (Å²) in [5.74, 6) is 0.571. The highest BCUT2D eigenvalue weighted by Crippen LogP contribution is 2.25. The average molecular weight is 218 g/mol. The minimum absolute atomic E-state index is 0.0149.